The molecule has 8 rings (SSSR count). The fourth-order valence-electron chi connectivity index (χ4n) is 6.44. The number of anilines is 6. The molecule has 2 N–H and O–H groups in total. The molecule has 7 aromatic rings. The summed E-state index contributed by atoms with van der Waals surface area (Å²) in [6.45, 7) is 12.2. The van der Waals surface area contributed by atoms with E-state index in [4.69, 9.17) is 5.73 Å². The van der Waals surface area contributed by atoms with E-state index in [1.807, 2.05) is 144 Å². The zero-order valence-corrected chi connectivity index (χ0v) is 35.4. The molecule has 0 aromatic heterocycles. The number of hydrogen-bond donors (Lipinski definition) is 1. The van der Waals surface area contributed by atoms with Gasteiger partial charge in [-0.15, -0.1) is 0 Å². The van der Waals surface area contributed by atoms with Gasteiger partial charge in [0, 0.05) is 34.1 Å². The first-order chi connectivity index (χ1) is 29.0. The second-order valence-electron chi connectivity index (χ2n) is 13.3. The summed E-state index contributed by atoms with van der Waals surface area (Å²) in [5.74, 6) is 0. The van der Waals surface area contributed by atoms with Crippen molar-refractivity contribution in [3.8, 4) is 17.2 Å². The lowest BCUT2D eigenvalue weighted by molar-refractivity contribution is 0.779. The monoisotopic (exact) mass is 774 g/mol. The lowest BCUT2D eigenvalue weighted by atomic mass is 10.00. The molecular formula is C55H58N4. The highest BCUT2D eigenvalue weighted by molar-refractivity contribution is 5.79. The van der Waals surface area contributed by atoms with Gasteiger partial charge in [0.2, 0.25) is 0 Å². The smallest absolute Gasteiger partial charge is 0.0992 e. The van der Waals surface area contributed by atoms with Gasteiger partial charge < -0.3 is 15.5 Å². The minimum atomic E-state index is 0.213. The molecule has 1 atom stereocenters. The molecule has 4 nitrogen and oxygen atoms in total. The summed E-state index contributed by atoms with van der Waals surface area (Å²) >= 11 is 0. The summed E-state index contributed by atoms with van der Waals surface area (Å²) in [5.41, 5.74) is 17.2. The molecule has 0 spiro atoms. The standard InChI is InChI=1S/C38H31N3.C7H9N.C6H6.2C2H6/c1-29-15-19-34(20-16-29)40(35-21-17-32(18-22-35)31-10-4-2-5-11-31)36-23-25-37(26-24-36)41(33-12-6-3-7-13-33)38-14-8-9-30(27-38)28-39;1-6-3-2-4-7(8)5-6;1-2-4-6-5-3-1;2*1-2/h2-19,21-27,34H,20H2,1H3;2-5H,8H2,1H3;1-6H;2*1-2H3. The molecular weight excluding hydrogens is 717 g/mol. The number of aryl methyl sites for hydroxylation is 1. The molecule has 298 valence electrons. The van der Waals surface area contributed by atoms with Gasteiger partial charge in [0.05, 0.1) is 17.7 Å². The topological polar surface area (TPSA) is 56.3 Å². The zero-order valence-electron chi connectivity index (χ0n) is 35.4. The number of nitrogens with two attached hydrogens (primary N) is 1. The Hall–Kier alpha value is -7.09. The Balaban J connectivity index is 0.000000355. The number of para-hydroxylation sites is 1. The molecule has 0 fully saturated rings. The quantitative estimate of drug-likeness (QED) is 0.164. The van der Waals surface area contributed by atoms with E-state index in [9.17, 15) is 5.26 Å². The Bertz CT molecular complexity index is 2280. The molecule has 0 amide bonds. The van der Waals surface area contributed by atoms with E-state index in [-0.39, 0.29) is 6.04 Å². The average molecular weight is 775 g/mol. The largest absolute Gasteiger partial charge is 0.399 e. The number of benzene rings is 7. The molecule has 1 unspecified atom stereocenters. The third-order valence-electron chi connectivity index (χ3n) is 9.19. The number of nitrogen functional groups attached to an aromatic ring is 1. The Morgan fingerprint density at radius 2 is 0.983 bits per heavy atom. The van der Waals surface area contributed by atoms with Crippen LogP contribution in [0.25, 0.3) is 11.1 Å². The molecule has 7 aromatic carbocycles. The van der Waals surface area contributed by atoms with Gasteiger partial charge in [-0.1, -0.05) is 167 Å². The average Bonchev–Trinajstić information content (AvgIpc) is 3.31. The van der Waals surface area contributed by atoms with Crippen LogP contribution in [0.4, 0.5) is 34.1 Å². The Kier molecular flexibility index (Phi) is 18.5. The van der Waals surface area contributed by atoms with Crippen molar-refractivity contribution in [2.45, 2.75) is 54.0 Å². The molecule has 59 heavy (non-hydrogen) atoms. The molecule has 0 heterocycles. The normalized spacial score (nSPS) is 12.1. The van der Waals surface area contributed by atoms with Gasteiger partial charge in [-0.05, 0) is 116 Å². The van der Waals surface area contributed by atoms with E-state index in [2.05, 4.69) is 126 Å². The van der Waals surface area contributed by atoms with Crippen LogP contribution >= 0.6 is 0 Å². The fraction of sp³-hybridized carbons (Fsp3) is 0.145. The summed E-state index contributed by atoms with van der Waals surface area (Å²) in [5, 5.41) is 9.53. The van der Waals surface area contributed by atoms with Gasteiger partial charge in [0.15, 0.2) is 0 Å². The summed E-state index contributed by atoms with van der Waals surface area (Å²) in [7, 11) is 0. The number of nitrogens with zero attached hydrogens (tertiary/aromatic N) is 3. The predicted molar refractivity (Wildman–Crippen MR) is 256 cm³/mol. The third-order valence-corrected chi connectivity index (χ3v) is 9.19. The minimum absolute atomic E-state index is 0.213. The van der Waals surface area contributed by atoms with Crippen LogP contribution in [-0.2, 0) is 0 Å². The van der Waals surface area contributed by atoms with Gasteiger partial charge in [0.1, 0.15) is 0 Å². The molecule has 0 aliphatic heterocycles. The van der Waals surface area contributed by atoms with E-state index >= 15 is 0 Å². The van der Waals surface area contributed by atoms with Crippen LogP contribution in [0.3, 0.4) is 0 Å². The van der Waals surface area contributed by atoms with Crippen molar-refractivity contribution in [2.75, 3.05) is 15.5 Å². The molecule has 1 aliphatic carbocycles. The van der Waals surface area contributed by atoms with Gasteiger partial charge in [-0.2, -0.15) is 5.26 Å². The SMILES string of the molecule is CC.CC.CC1=CCC(N(c2ccc(-c3ccccc3)cc2)c2ccc(N(c3ccccc3)c3cccc(C#N)c3)cc2)C=C1.Cc1cccc(N)c1.c1ccccc1. The first kappa shape index (κ1) is 44.6. The second-order valence-corrected chi connectivity index (χ2v) is 13.3. The molecule has 0 bridgehead atoms. The molecule has 0 saturated carbocycles. The predicted octanol–water partition coefficient (Wildman–Crippen LogP) is 15.4. The van der Waals surface area contributed by atoms with E-state index in [1.54, 1.807) is 0 Å². The van der Waals surface area contributed by atoms with Crippen LogP contribution in [0.5, 0.6) is 0 Å². The van der Waals surface area contributed by atoms with Gasteiger partial charge in [-0.3, -0.25) is 0 Å². The lowest BCUT2D eigenvalue weighted by Gasteiger charge is -2.34. The van der Waals surface area contributed by atoms with Crippen LogP contribution in [0.15, 0.2) is 218 Å². The van der Waals surface area contributed by atoms with Crippen molar-refractivity contribution < 1.29 is 0 Å². The van der Waals surface area contributed by atoms with Crippen LogP contribution in [0.2, 0.25) is 0 Å². The third kappa shape index (κ3) is 13.5. The van der Waals surface area contributed by atoms with Crippen molar-refractivity contribution in [3.63, 3.8) is 0 Å². The Labute approximate surface area is 353 Å². The van der Waals surface area contributed by atoms with Crippen molar-refractivity contribution >= 4 is 34.1 Å². The van der Waals surface area contributed by atoms with Gasteiger partial charge in [0.25, 0.3) is 0 Å². The van der Waals surface area contributed by atoms with E-state index < -0.39 is 0 Å². The summed E-state index contributed by atoms with van der Waals surface area (Å²) in [6, 6.07) is 68.4. The van der Waals surface area contributed by atoms with Gasteiger partial charge in [-0.25, -0.2) is 0 Å². The van der Waals surface area contributed by atoms with Crippen LogP contribution in [0.1, 0.15) is 52.2 Å². The van der Waals surface area contributed by atoms with E-state index in [0.29, 0.717) is 5.56 Å². The zero-order chi connectivity index (χ0) is 42.2. The Morgan fingerprint density at radius 3 is 1.49 bits per heavy atom. The molecule has 1 aliphatic rings. The van der Waals surface area contributed by atoms with Crippen LogP contribution < -0.4 is 15.5 Å². The molecule has 0 saturated heterocycles. The maximum Gasteiger partial charge on any atom is 0.0992 e. The molecule has 4 heteroatoms. The number of nitriles is 1. The van der Waals surface area contributed by atoms with Gasteiger partial charge >= 0.3 is 0 Å². The van der Waals surface area contributed by atoms with Crippen LogP contribution in [0, 0.1) is 18.3 Å². The van der Waals surface area contributed by atoms with E-state index in [1.165, 1.54) is 22.3 Å². The highest BCUT2D eigenvalue weighted by atomic mass is 15.2. The van der Waals surface area contributed by atoms with Crippen molar-refractivity contribution in [3.05, 3.63) is 229 Å². The lowest BCUT2D eigenvalue weighted by Crippen LogP contribution is -2.30. The number of allylic oxidation sites excluding steroid dienone is 2. The molecule has 0 radical (unpaired) electrons. The first-order valence-electron chi connectivity index (χ1n) is 20.6. The maximum atomic E-state index is 9.53. The van der Waals surface area contributed by atoms with Crippen molar-refractivity contribution in [1.29, 1.82) is 5.26 Å². The summed E-state index contributed by atoms with van der Waals surface area (Å²) < 4.78 is 0. The fourth-order valence-corrected chi connectivity index (χ4v) is 6.44. The number of rotatable bonds is 7. The summed E-state index contributed by atoms with van der Waals surface area (Å²) in [4.78, 5) is 4.61. The van der Waals surface area contributed by atoms with Crippen molar-refractivity contribution in [1.82, 2.24) is 0 Å². The van der Waals surface area contributed by atoms with E-state index in [0.717, 1.165) is 40.5 Å². The maximum absolute atomic E-state index is 9.53. The van der Waals surface area contributed by atoms with Crippen molar-refractivity contribution in [2.24, 2.45) is 0 Å². The minimum Gasteiger partial charge on any atom is -0.399 e. The summed E-state index contributed by atoms with van der Waals surface area (Å²) in [6.07, 6.45) is 7.77. The highest BCUT2D eigenvalue weighted by Gasteiger charge is 2.21. The highest BCUT2D eigenvalue weighted by Crippen LogP contribution is 2.38. The first-order valence-corrected chi connectivity index (χ1v) is 20.6. The second kappa shape index (κ2) is 24.5. The number of hydrogen-bond acceptors (Lipinski definition) is 4. The Morgan fingerprint density at radius 1 is 0.508 bits per heavy atom. The van der Waals surface area contributed by atoms with Crippen LogP contribution in [-0.4, -0.2) is 6.04 Å².